The van der Waals surface area contributed by atoms with Crippen LogP contribution >= 0.6 is 10.0 Å². The van der Waals surface area contributed by atoms with Gasteiger partial charge < -0.3 is 15.2 Å². The standard InChI is InChI=1S/C12H24N2O4S/c1-11(2,3)17-9(15)19(7,8(13)14)10(16)18-12(4,5)6/h1-7H3,(H3,13,14). The molecule has 6 nitrogen and oxygen atoms in total. The Morgan fingerprint density at radius 2 is 1.21 bits per heavy atom. The fraction of sp³-hybridized carbons (Fsp3) is 0.750. The lowest BCUT2D eigenvalue weighted by Crippen LogP contribution is -2.38. The normalized spacial score (nSPS) is 13.6. The zero-order valence-corrected chi connectivity index (χ0v) is 13.4. The molecule has 0 heterocycles. The van der Waals surface area contributed by atoms with Gasteiger partial charge in [-0.1, -0.05) is 0 Å². The molecule has 0 aromatic rings. The van der Waals surface area contributed by atoms with E-state index < -0.39 is 37.0 Å². The van der Waals surface area contributed by atoms with Crippen molar-refractivity contribution in [1.29, 1.82) is 5.41 Å². The van der Waals surface area contributed by atoms with Crippen molar-refractivity contribution in [2.24, 2.45) is 5.73 Å². The lowest BCUT2D eigenvalue weighted by molar-refractivity contribution is 0.0685. The number of nitrogens with one attached hydrogen (secondary N) is 1. The summed E-state index contributed by atoms with van der Waals surface area (Å²) in [6, 6.07) is 0. The van der Waals surface area contributed by atoms with E-state index in [-0.39, 0.29) is 0 Å². The number of carbonyl (C=O) groups is 2. The second kappa shape index (κ2) is 5.40. The Morgan fingerprint density at radius 1 is 0.947 bits per heavy atom. The van der Waals surface area contributed by atoms with Gasteiger partial charge in [-0.25, -0.2) is 9.59 Å². The SMILES string of the molecule is CC(C)(C)OC(=O)S(C)(C(=N)N)C(=O)OC(C)(C)C. The predicted molar refractivity (Wildman–Crippen MR) is 77.9 cm³/mol. The van der Waals surface area contributed by atoms with E-state index >= 15 is 0 Å². The first kappa shape index (κ1) is 17.8. The average molecular weight is 292 g/mol. The molecule has 7 heteroatoms. The molecule has 3 N–H and O–H groups in total. The second-order valence-electron chi connectivity index (χ2n) is 6.21. The first-order chi connectivity index (χ1) is 8.20. The highest BCUT2D eigenvalue weighted by Gasteiger charge is 2.45. The molecular formula is C12H24N2O4S. The smallest absolute Gasteiger partial charge is 0.366 e. The van der Waals surface area contributed by atoms with Gasteiger partial charge in [0.25, 0.3) is 0 Å². The van der Waals surface area contributed by atoms with Gasteiger partial charge in [0.2, 0.25) is 0 Å². The fourth-order valence-corrected chi connectivity index (χ4v) is 2.24. The minimum Gasteiger partial charge on any atom is -0.452 e. The zero-order valence-electron chi connectivity index (χ0n) is 12.6. The van der Waals surface area contributed by atoms with Crippen LogP contribution in [0.1, 0.15) is 41.5 Å². The molecule has 0 aromatic heterocycles. The molecule has 0 aliphatic carbocycles. The third kappa shape index (κ3) is 5.10. The van der Waals surface area contributed by atoms with Crippen LogP contribution in [0.3, 0.4) is 0 Å². The van der Waals surface area contributed by atoms with E-state index in [1.807, 2.05) is 0 Å². The van der Waals surface area contributed by atoms with E-state index in [1.54, 1.807) is 41.5 Å². The summed E-state index contributed by atoms with van der Waals surface area (Å²) in [7, 11) is -2.94. The van der Waals surface area contributed by atoms with Crippen LogP contribution in [-0.4, -0.2) is 33.2 Å². The summed E-state index contributed by atoms with van der Waals surface area (Å²) in [6.07, 6.45) is 1.32. The van der Waals surface area contributed by atoms with E-state index in [1.165, 1.54) is 6.26 Å². The first-order valence-corrected chi connectivity index (χ1v) is 7.83. The number of ether oxygens (including phenoxy) is 2. The molecular weight excluding hydrogens is 268 g/mol. The molecule has 0 fully saturated rings. The molecule has 0 atom stereocenters. The summed E-state index contributed by atoms with van der Waals surface area (Å²) in [5, 5.41) is 5.41. The van der Waals surface area contributed by atoms with Crippen LogP contribution in [0.4, 0.5) is 9.59 Å². The third-order valence-electron chi connectivity index (χ3n) is 1.89. The highest BCUT2D eigenvalue weighted by molar-refractivity contribution is 8.64. The van der Waals surface area contributed by atoms with Crippen molar-refractivity contribution in [3.8, 4) is 0 Å². The first-order valence-electron chi connectivity index (χ1n) is 5.78. The molecule has 0 unspecified atom stereocenters. The maximum Gasteiger partial charge on any atom is 0.366 e. The van der Waals surface area contributed by atoms with Gasteiger partial charge in [-0.2, -0.15) is 0 Å². The summed E-state index contributed by atoms with van der Waals surface area (Å²) in [6.45, 7) is 10.1. The van der Waals surface area contributed by atoms with Gasteiger partial charge in [-0.3, -0.25) is 5.41 Å². The minimum absolute atomic E-state index is 0.518. The Balaban J connectivity index is 5.33. The number of hydrogen-bond acceptors (Lipinski definition) is 5. The lowest BCUT2D eigenvalue weighted by atomic mass is 10.2. The average Bonchev–Trinajstić information content (AvgIpc) is 2.09. The van der Waals surface area contributed by atoms with Crippen molar-refractivity contribution in [1.82, 2.24) is 0 Å². The molecule has 0 spiro atoms. The molecule has 0 radical (unpaired) electrons. The molecule has 19 heavy (non-hydrogen) atoms. The number of nitrogens with two attached hydrogens (primary N) is 1. The molecule has 112 valence electrons. The van der Waals surface area contributed by atoms with Crippen LogP contribution in [0.5, 0.6) is 0 Å². The summed E-state index contributed by atoms with van der Waals surface area (Å²) < 4.78 is 10.4. The van der Waals surface area contributed by atoms with Crippen LogP contribution in [0, 0.1) is 5.41 Å². The molecule has 0 rings (SSSR count). The summed E-state index contributed by atoms with van der Waals surface area (Å²) >= 11 is 0. The maximum absolute atomic E-state index is 12.1. The molecule has 0 bridgehead atoms. The zero-order chi connectivity index (χ0) is 15.6. The van der Waals surface area contributed by atoms with Gasteiger partial charge in [0.05, 0.1) is 0 Å². The Bertz CT molecular complexity index is 366. The molecule has 0 amide bonds. The highest BCUT2D eigenvalue weighted by atomic mass is 32.3. The van der Waals surface area contributed by atoms with E-state index in [2.05, 4.69) is 0 Å². The molecule has 0 aliphatic rings. The van der Waals surface area contributed by atoms with Crippen molar-refractivity contribution in [3.63, 3.8) is 0 Å². The Morgan fingerprint density at radius 3 is 1.37 bits per heavy atom. The van der Waals surface area contributed by atoms with Gasteiger partial charge in [-0.15, -0.1) is 0 Å². The number of rotatable bonds is 0. The Hall–Kier alpha value is -1.24. The molecule has 0 aliphatic heterocycles. The van der Waals surface area contributed by atoms with Crippen molar-refractivity contribution in [2.75, 3.05) is 6.26 Å². The predicted octanol–water partition coefficient (Wildman–Crippen LogP) is 3.18. The summed E-state index contributed by atoms with van der Waals surface area (Å²) in [5.41, 5.74) is 3.91. The largest absolute Gasteiger partial charge is 0.452 e. The number of hydrogen-bond donors (Lipinski definition) is 2. The summed E-state index contributed by atoms with van der Waals surface area (Å²) in [4.78, 5) is 24.3. The molecule has 0 saturated heterocycles. The maximum atomic E-state index is 12.1. The van der Waals surface area contributed by atoms with Gasteiger partial charge in [0, 0.05) is 10.0 Å². The van der Waals surface area contributed by atoms with Crippen molar-refractivity contribution < 1.29 is 19.1 Å². The van der Waals surface area contributed by atoms with Gasteiger partial charge in [0.1, 0.15) is 11.2 Å². The van der Waals surface area contributed by atoms with Gasteiger partial charge >= 0.3 is 10.6 Å². The monoisotopic (exact) mass is 292 g/mol. The van der Waals surface area contributed by atoms with E-state index in [4.69, 9.17) is 20.6 Å². The topological polar surface area (TPSA) is 102 Å². The van der Waals surface area contributed by atoms with Crippen LogP contribution < -0.4 is 5.73 Å². The van der Waals surface area contributed by atoms with E-state index in [9.17, 15) is 9.59 Å². The minimum atomic E-state index is -2.94. The summed E-state index contributed by atoms with van der Waals surface area (Å²) in [5.74, 6) is 0. The number of carbonyl (C=O) groups excluding carboxylic acids is 2. The van der Waals surface area contributed by atoms with Crippen LogP contribution in [0.2, 0.25) is 0 Å². The Labute approximate surface area is 115 Å². The molecule has 0 saturated carbocycles. The van der Waals surface area contributed by atoms with Crippen molar-refractivity contribution in [2.45, 2.75) is 52.7 Å². The van der Waals surface area contributed by atoms with Gasteiger partial charge in [0.15, 0.2) is 5.17 Å². The lowest BCUT2D eigenvalue weighted by Gasteiger charge is -2.34. The molecule has 0 aromatic carbocycles. The van der Waals surface area contributed by atoms with E-state index in [0.717, 1.165) is 0 Å². The quantitative estimate of drug-likeness (QED) is 0.405. The van der Waals surface area contributed by atoms with Crippen LogP contribution in [0.15, 0.2) is 0 Å². The van der Waals surface area contributed by atoms with Crippen molar-refractivity contribution in [3.05, 3.63) is 0 Å². The Kier molecular flexibility index (Phi) is 5.05. The van der Waals surface area contributed by atoms with Crippen molar-refractivity contribution >= 4 is 25.8 Å². The highest BCUT2D eigenvalue weighted by Crippen LogP contribution is 2.49. The van der Waals surface area contributed by atoms with Crippen LogP contribution in [-0.2, 0) is 9.47 Å². The second-order valence-corrected chi connectivity index (χ2v) is 9.16. The van der Waals surface area contributed by atoms with Gasteiger partial charge in [-0.05, 0) is 47.8 Å². The van der Waals surface area contributed by atoms with E-state index in [0.29, 0.717) is 0 Å². The third-order valence-corrected chi connectivity index (χ3v) is 4.27. The fourth-order valence-electron chi connectivity index (χ4n) is 0.914. The van der Waals surface area contributed by atoms with Crippen LogP contribution in [0.25, 0.3) is 0 Å². The number of amidine groups is 1.